The average molecular weight is 263 g/mol. The molecule has 1 aromatic rings. The lowest BCUT2D eigenvalue weighted by atomic mass is 9.97. The SMILES string of the molecule is CCCn1cc(N)cc1C(=O)N1[C@H](C)CCC[C@@H]1C. The van der Waals surface area contributed by atoms with Gasteiger partial charge in [0.1, 0.15) is 5.69 Å². The first-order valence-corrected chi connectivity index (χ1v) is 7.33. The number of piperidine rings is 1. The molecule has 1 fully saturated rings. The third-order valence-electron chi connectivity index (χ3n) is 4.03. The van der Waals surface area contributed by atoms with E-state index in [9.17, 15) is 4.79 Å². The number of nitrogens with two attached hydrogens (primary N) is 1. The van der Waals surface area contributed by atoms with E-state index in [4.69, 9.17) is 5.73 Å². The summed E-state index contributed by atoms with van der Waals surface area (Å²) in [4.78, 5) is 14.8. The van der Waals surface area contributed by atoms with Gasteiger partial charge >= 0.3 is 0 Å². The minimum atomic E-state index is 0.129. The van der Waals surface area contributed by atoms with Crippen LogP contribution in [0.3, 0.4) is 0 Å². The van der Waals surface area contributed by atoms with Gasteiger partial charge in [-0.2, -0.15) is 0 Å². The third-order valence-corrected chi connectivity index (χ3v) is 4.03. The molecule has 0 aromatic carbocycles. The summed E-state index contributed by atoms with van der Waals surface area (Å²) in [7, 11) is 0. The highest BCUT2D eigenvalue weighted by atomic mass is 16.2. The van der Waals surface area contributed by atoms with Gasteiger partial charge in [-0.05, 0) is 45.6 Å². The highest BCUT2D eigenvalue weighted by molar-refractivity contribution is 5.94. The number of nitrogens with zero attached hydrogens (tertiary/aromatic N) is 2. The number of hydrogen-bond acceptors (Lipinski definition) is 2. The molecule has 2 heterocycles. The molecule has 2 atom stereocenters. The third kappa shape index (κ3) is 2.77. The molecule has 106 valence electrons. The first kappa shape index (κ1) is 14.0. The molecule has 0 bridgehead atoms. The second-order valence-corrected chi connectivity index (χ2v) is 5.69. The lowest BCUT2D eigenvalue weighted by Crippen LogP contribution is -2.48. The highest BCUT2D eigenvalue weighted by Gasteiger charge is 2.31. The molecular weight excluding hydrogens is 238 g/mol. The van der Waals surface area contributed by atoms with E-state index in [0.717, 1.165) is 31.5 Å². The van der Waals surface area contributed by atoms with E-state index in [1.54, 1.807) is 0 Å². The van der Waals surface area contributed by atoms with Crippen molar-refractivity contribution in [3.63, 3.8) is 0 Å². The molecule has 0 aliphatic carbocycles. The van der Waals surface area contributed by atoms with Crippen LogP contribution in [0.4, 0.5) is 5.69 Å². The molecule has 1 amide bonds. The fourth-order valence-electron chi connectivity index (χ4n) is 3.09. The number of carbonyl (C=O) groups is 1. The van der Waals surface area contributed by atoms with Gasteiger partial charge in [0.15, 0.2) is 0 Å². The van der Waals surface area contributed by atoms with Crippen molar-refractivity contribution in [2.45, 2.75) is 65.1 Å². The summed E-state index contributed by atoms with van der Waals surface area (Å²) in [5, 5.41) is 0. The van der Waals surface area contributed by atoms with E-state index in [1.807, 2.05) is 21.7 Å². The van der Waals surface area contributed by atoms with Gasteiger partial charge in [0.2, 0.25) is 0 Å². The Morgan fingerprint density at radius 3 is 2.58 bits per heavy atom. The summed E-state index contributed by atoms with van der Waals surface area (Å²) in [5.41, 5.74) is 7.27. The zero-order chi connectivity index (χ0) is 14.0. The van der Waals surface area contributed by atoms with Crippen LogP contribution < -0.4 is 5.73 Å². The number of rotatable bonds is 3. The molecule has 0 saturated carbocycles. The zero-order valence-electron chi connectivity index (χ0n) is 12.2. The Bertz CT molecular complexity index is 442. The van der Waals surface area contributed by atoms with E-state index in [-0.39, 0.29) is 5.91 Å². The molecule has 4 nitrogen and oxygen atoms in total. The van der Waals surface area contributed by atoms with Crippen LogP contribution in [-0.4, -0.2) is 27.5 Å². The summed E-state index contributed by atoms with van der Waals surface area (Å²) >= 11 is 0. The smallest absolute Gasteiger partial charge is 0.271 e. The van der Waals surface area contributed by atoms with Crippen molar-refractivity contribution >= 4 is 11.6 Å². The fraction of sp³-hybridized carbons (Fsp3) is 0.667. The lowest BCUT2D eigenvalue weighted by Gasteiger charge is -2.39. The fourth-order valence-corrected chi connectivity index (χ4v) is 3.09. The summed E-state index contributed by atoms with van der Waals surface area (Å²) in [6, 6.07) is 2.45. The van der Waals surface area contributed by atoms with Crippen LogP contribution in [0.1, 0.15) is 56.9 Å². The number of aryl methyl sites for hydroxylation is 1. The minimum Gasteiger partial charge on any atom is -0.397 e. The van der Waals surface area contributed by atoms with E-state index in [1.165, 1.54) is 6.42 Å². The molecule has 1 saturated heterocycles. The first-order chi connectivity index (χ1) is 9.04. The van der Waals surface area contributed by atoms with Gasteiger partial charge in [-0.25, -0.2) is 0 Å². The van der Waals surface area contributed by atoms with E-state index in [2.05, 4.69) is 20.8 Å². The van der Waals surface area contributed by atoms with Gasteiger partial charge in [0, 0.05) is 24.8 Å². The quantitative estimate of drug-likeness (QED) is 0.911. The standard InChI is InChI=1S/C15H25N3O/c1-4-8-17-10-13(16)9-14(17)15(19)18-11(2)6-5-7-12(18)3/h9-12H,4-8,16H2,1-3H3/t11-,12+. The number of carbonyl (C=O) groups excluding carboxylic acids is 1. The second-order valence-electron chi connectivity index (χ2n) is 5.69. The summed E-state index contributed by atoms with van der Waals surface area (Å²) < 4.78 is 1.99. The molecule has 0 spiro atoms. The zero-order valence-corrected chi connectivity index (χ0v) is 12.2. The van der Waals surface area contributed by atoms with Crippen LogP contribution in [0.15, 0.2) is 12.3 Å². The van der Waals surface area contributed by atoms with Crippen LogP contribution in [0.2, 0.25) is 0 Å². The number of hydrogen-bond donors (Lipinski definition) is 1. The van der Waals surface area contributed by atoms with Crippen molar-refractivity contribution in [2.24, 2.45) is 0 Å². The van der Waals surface area contributed by atoms with Gasteiger partial charge in [-0.15, -0.1) is 0 Å². The normalized spacial score (nSPS) is 23.6. The Morgan fingerprint density at radius 1 is 1.37 bits per heavy atom. The molecular formula is C15H25N3O. The lowest BCUT2D eigenvalue weighted by molar-refractivity contribution is 0.0499. The van der Waals surface area contributed by atoms with Crippen molar-refractivity contribution < 1.29 is 4.79 Å². The van der Waals surface area contributed by atoms with Crippen LogP contribution in [0.5, 0.6) is 0 Å². The van der Waals surface area contributed by atoms with Gasteiger partial charge in [-0.3, -0.25) is 4.79 Å². The molecule has 19 heavy (non-hydrogen) atoms. The maximum absolute atomic E-state index is 12.8. The van der Waals surface area contributed by atoms with E-state index >= 15 is 0 Å². The highest BCUT2D eigenvalue weighted by Crippen LogP contribution is 2.25. The largest absolute Gasteiger partial charge is 0.397 e. The van der Waals surface area contributed by atoms with Crippen LogP contribution in [0, 0.1) is 0 Å². The Morgan fingerprint density at radius 2 is 2.00 bits per heavy atom. The van der Waals surface area contributed by atoms with Crippen molar-refractivity contribution in [1.82, 2.24) is 9.47 Å². The van der Waals surface area contributed by atoms with Gasteiger partial charge in [0.25, 0.3) is 5.91 Å². The van der Waals surface area contributed by atoms with E-state index in [0.29, 0.717) is 17.8 Å². The minimum absolute atomic E-state index is 0.129. The summed E-state index contributed by atoms with van der Waals surface area (Å²) in [6.07, 6.45) is 6.28. The molecule has 0 radical (unpaired) electrons. The predicted octanol–water partition coefficient (Wildman–Crippen LogP) is 2.88. The van der Waals surface area contributed by atoms with Gasteiger partial charge < -0.3 is 15.2 Å². The molecule has 2 rings (SSSR count). The van der Waals surface area contributed by atoms with Crippen LogP contribution in [0.25, 0.3) is 0 Å². The van der Waals surface area contributed by atoms with Crippen molar-refractivity contribution in [3.05, 3.63) is 18.0 Å². The summed E-state index contributed by atoms with van der Waals surface area (Å²) in [5.74, 6) is 0.129. The Hall–Kier alpha value is -1.45. The van der Waals surface area contributed by atoms with Crippen LogP contribution in [-0.2, 0) is 6.54 Å². The number of anilines is 1. The number of aromatic nitrogens is 1. The monoisotopic (exact) mass is 263 g/mol. The van der Waals surface area contributed by atoms with Crippen molar-refractivity contribution in [3.8, 4) is 0 Å². The molecule has 4 heteroatoms. The van der Waals surface area contributed by atoms with Gasteiger partial charge in [0.05, 0.1) is 5.69 Å². The number of amides is 1. The molecule has 1 aliphatic heterocycles. The number of likely N-dealkylation sites (tertiary alicyclic amines) is 1. The second kappa shape index (κ2) is 5.68. The first-order valence-electron chi connectivity index (χ1n) is 7.33. The van der Waals surface area contributed by atoms with Crippen molar-refractivity contribution in [1.29, 1.82) is 0 Å². The Kier molecular flexibility index (Phi) is 4.17. The average Bonchev–Trinajstić information content (AvgIpc) is 2.70. The summed E-state index contributed by atoms with van der Waals surface area (Å²) in [6.45, 7) is 7.24. The number of nitrogen functional groups attached to an aromatic ring is 1. The molecule has 2 N–H and O–H groups in total. The molecule has 1 aliphatic rings. The van der Waals surface area contributed by atoms with Gasteiger partial charge in [-0.1, -0.05) is 6.92 Å². The van der Waals surface area contributed by atoms with Crippen LogP contribution >= 0.6 is 0 Å². The van der Waals surface area contributed by atoms with E-state index < -0.39 is 0 Å². The maximum Gasteiger partial charge on any atom is 0.271 e. The molecule has 0 unspecified atom stereocenters. The Balaban J connectivity index is 2.27. The van der Waals surface area contributed by atoms with Crippen molar-refractivity contribution in [2.75, 3.05) is 5.73 Å². The predicted molar refractivity (Wildman–Crippen MR) is 78.1 cm³/mol. The topological polar surface area (TPSA) is 51.3 Å². The maximum atomic E-state index is 12.8. The molecule has 1 aromatic heterocycles. The Labute approximate surface area is 115 Å².